The van der Waals surface area contributed by atoms with Crippen LogP contribution in [0.2, 0.25) is 0 Å². The first-order valence-electron chi connectivity index (χ1n) is 25.2. The van der Waals surface area contributed by atoms with Crippen molar-refractivity contribution in [3.05, 3.63) is 279 Å². The van der Waals surface area contributed by atoms with E-state index in [0.29, 0.717) is 0 Å². The van der Waals surface area contributed by atoms with Gasteiger partial charge in [0.1, 0.15) is 11.2 Å². The lowest BCUT2D eigenvalue weighted by atomic mass is 9.93. The van der Waals surface area contributed by atoms with Crippen molar-refractivity contribution in [2.24, 2.45) is 0 Å². The van der Waals surface area contributed by atoms with Gasteiger partial charge in [-0.05, 0) is 157 Å². The van der Waals surface area contributed by atoms with Crippen molar-refractivity contribution in [1.29, 1.82) is 0 Å². The van der Waals surface area contributed by atoms with E-state index in [-0.39, 0.29) is 0 Å². The summed E-state index contributed by atoms with van der Waals surface area (Å²) in [6.45, 7) is 0. The van der Waals surface area contributed by atoms with Crippen LogP contribution in [-0.2, 0) is 0 Å². The van der Waals surface area contributed by atoms with Gasteiger partial charge in [-0.1, -0.05) is 188 Å². The van der Waals surface area contributed by atoms with Crippen LogP contribution in [0.4, 0.5) is 0 Å². The highest BCUT2D eigenvalue weighted by atomic mass is 16.3. The van der Waals surface area contributed by atoms with Crippen LogP contribution < -0.4 is 0 Å². The maximum absolute atomic E-state index is 6.79. The zero-order chi connectivity index (χ0) is 49.0. The lowest BCUT2D eigenvalue weighted by molar-refractivity contribution is 0.670. The first-order valence-corrected chi connectivity index (χ1v) is 25.2. The van der Waals surface area contributed by atoms with E-state index in [0.717, 1.165) is 72.2 Å². The third-order valence-corrected chi connectivity index (χ3v) is 14.6. The SMILES string of the molecule is c1ccc(-c2cccc(-c3cccc(-c4cccc(-c5cccc(-c6cccc(-c7ccc8oc9c(-c%10ccc%11c(c%10)c%10ccc(-c%12ccccn%12)cc%10n%11-c%10ccccc%10)cccc9c8c7)c6)c5)c4)c3)c2)cc1. The number of para-hydroxylation sites is 2. The minimum absolute atomic E-state index is 0.870. The third kappa shape index (κ3) is 7.76. The van der Waals surface area contributed by atoms with E-state index in [1.165, 1.54) is 66.4 Å². The number of rotatable bonds is 9. The summed E-state index contributed by atoms with van der Waals surface area (Å²) in [7, 11) is 0. The largest absolute Gasteiger partial charge is 0.455 e. The topological polar surface area (TPSA) is 31.0 Å². The molecule has 0 N–H and O–H groups in total. The molecule has 11 aromatic carbocycles. The Morgan fingerprint density at radius 3 is 1.31 bits per heavy atom. The van der Waals surface area contributed by atoms with Gasteiger partial charge in [-0.15, -0.1) is 0 Å². The minimum Gasteiger partial charge on any atom is -0.455 e. The van der Waals surface area contributed by atoms with Gasteiger partial charge in [0, 0.05) is 44.6 Å². The van der Waals surface area contributed by atoms with Crippen molar-refractivity contribution in [2.45, 2.75) is 0 Å². The molecule has 0 aliphatic carbocycles. The van der Waals surface area contributed by atoms with Crippen molar-refractivity contribution in [3.63, 3.8) is 0 Å². The molecule has 14 rings (SSSR count). The van der Waals surface area contributed by atoms with Gasteiger partial charge >= 0.3 is 0 Å². The molecule has 0 unspecified atom stereocenters. The number of hydrogen-bond acceptors (Lipinski definition) is 2. The van der Waals surface area contributed by atoms with E-state index in [2.05, 4.69) is 270 Å². The third-order valence-electron chi connectivity index (χ3n) is 14.6. The monoisotopic (exact) mass is 942 g/mol. The van der Waals surface area contributed by atoms with E-state index in [1.807, 2.05) is 18.3 Å². The van der Waals surface area contributed by atoms with Gasteiger partial charge in [0.05, 0.1) is 16.7 Å². The maximum Gasteiger partial charge on any atom is 0.143 e. The number of aromatic nitrogens is 2. The van der Waals surface area contributed by atoms with Crippen molar-refractivity contribution < 1.29 is 4.42 Å². The second-order valence-electron chi connectivity index (χ2n) is 19.1. The zero-order valence-corrected chi connectivity index (χ0v) is 40.4. The molecule has 74 heavy (non-hydrogen) atoms. The molecule has 3 heterocycles. The fourth-order valence-electron chi connectivity index (χ4n) is 11.0. The highest BCUT2D eigenvalue weighted by Crippen LogP contribution is 2.42. The normalized spacial score (nSPS) is 11.5. The molecule has 0 saturated heterocycles. The van der Waals surface area contributed by atoms with Crippen LogP contribution in [-0.4, -0.2) is 9.55 Å². The van der Waals surface area contributed by atoms with Gasteiger partial charge in [0.2, 0.25) is 0 Å². The number of pyridine rings is 1. The Kier molecular flexibility index (Phi) is 10.5. The van der Waals surface area contributed by atoms with Gasteiger partial charge in [0.25, 0.3) is 0 Å². The van der Waals surface area contributed by atoms with Crippen LogP contribution in [0.1, 0.15) is 0 Å². The summed E-state index contributed by atoms with van der Waals surface area (Å²) in [4.78, 5) is 4.67. The Hall–Kier alpha value is -9.83. The van der Waals surface area contributed by atoms with E-state index >= 15 is 0 Å². The van der Waals surface area contributed by atoms with Gasteiger partial charge < -0.3 is 8.98 Å². The van der Waals surface area contributed by atoms with E-state index < -0.39 is 0 Å². The summed E-state index contributed by atoms with van der Waals surface area (Å²) in [6, 6.07) is 98.3. The molecule has 3 nitrogen and oxygen atoms in total. The second kappa shape index (κ2) is 18.1. The van der Waals surface area contributed by atoms with Gasteiger partial charge in [-0.3, -0.25) is 4.98 Å². The number of fused-ring (bicyclic) bond motifs is 6. The first kappa shape index (κ1) is 43.0. The molecule has 0 aliphatic heterocycles. The van der Waals surface area contributed by atoms with E-state index in [1.54, 1.807) is 0 Å². The van der Waals surface area contributed by atoms with Crippen LogP contribution in [0.25, 0.3) is 139 Å². The number of hydrogen-bond donors (Lipinski definition) is 0. The highest BCUT2D eigenvalue weighted by molar-refractivity contribution is 6.14. The maximum atomic E-state index is 6.79. The van der Waals surface area contributed by atoms with Crippen molar-refractivity contribution in [3.8, 4) is 94.8 Å². The summed E-state index contributed by atoms with van der Waals surface area (Å²) in [5.74, 6) is 0. The number of benzene rings is 11. The first-order chi connectivity index (χ1) is 36.6. The molecule has 0 amide bonds. The molecule has 0 bridgehead atoms. The van der Waals surface area contributed by atoms with Crippen LogP contribution in [0.3, 0.4) is 0 Å². The average molecular weight is 943 g/mol. The molecule has 0 spiro atoms. The van der Waals surface area contributed by atoms with Crippen molar-refractivity contribution in [1.82, 2.24) is 9.55 Å². The van der Waals surface area contributed by atoms with Crippen LogP contribution >= 0.6 is 0 Å². The predicted molar refractivity (Wildman–Crippen MR) is 309 cm³/mol. The summed E-state index contributed by atoms with van der Waals surface area (Å²) in [5.41, 5.74) is 23.6. The Morgan fingerprint density at radius 1 is 0.270 bits per heavy atom. The van der Waals surface area contributed by atoms with Crippen LogP contribution in [0.5, 0.6) is 0 Å². The smallest absolute Gasteiger partial charge is 0.143 e. The molecule has 3 aromatic heterocycles. The van der Waals surface area contributed by atoms with Gasteiger partial charge in [0.15, 0.2) is 0 Å². The van der Waals surface area contributed by atoms with Crippen LogP contribution in [0.15, 0.2) is 284 Å². The predicted octanol–water partition coefficient (Wildman–Crippen LogP) is 19.4. The second-order valence-corrected chi connectivity index (χ2v) is 19.1. The lowest BCUT2D eigenvalue weighted by Crippen LogP contribution is -1.93. The van der Waals surface area contributed by atoms with Crippen molar-refractivity contribution in [2.75, 3.05) is 0 Å². The lowest BCUT2D eigenvalue weighted by Gasteiger charge is -2.11. The molecular formula is C71H46N2O. The molecule has 0 aliphatic rings. The standard InChI is InChI=1S/C71H46N2O/c1-3-15-47(16-4-1)48-17-9-18-49(39-48)50-19-10-20-51(40-50)52-21-11-22-53(41-52)54-23-12-24-55(42-54)56-25-13-26-57(43-56)58-34-37-70-66(44-58)64-30-14-29-62(71(64)74-70)59-33-36-68-65(45-59)63-35-32-60(67-31-7-8-38-72-67)46-69(63)73(68)61-27-5-2-6-28-61/h1-46H. The van der Waals surface area contributed by atoms with E-state index in [4.69, 9.17) is 4.42 Å². The highest BCUT2D eigenvalue weighted by Gasteiger charge is 2.18. The fourth-order valence-corrected chi connectivity index (χ4v) is 11.0. The summed E-state index contributed by atoms with van der Waals surface area (Å²) in [5, 5.41) is 4.57. The zero-order valence-electron chi connectivity index (χ0n) is 40.4. The summed E-state index contributed by atoms with van der Waals surface area (Å²) in [6.07, 6.45) is 1.85. The Bertz CT molecular complexity index is 4410. The Balaban J connectivity index is 0.772. The molecular weight excluding hydrogens is 897 g/mol. The number of furan rings is 1. The molecule has 3 heteroatoms. The van der Waals surface area contributed by atoms with Gasteiger partial charge in [-0.25, -0.2) is 0 Å². The van der Waals surface area contributed by atoms with Gasteiger partial charge in [-0.2, -0.15) is 0 Å². The molecule has 14 aromatic rings. The quantitative estimate of drug-likeness (QED) is 0.144. The Labute approximate surface area is 429 Å². The molecule has 0 radical (unpaired) electrons. The minimum atomic E-state index is 0.870. The molecule has 0 saturated carbocycles. The molecule has 0 fully saturated rings. The van der Waals surface area contributed by atoms with E-state index in [9.17, 15) is 0 Å². The average Bonchev–Trinajstić information content (AvgIpc) is 4.04. The molecule has 0 atom stereocenters. The summed E-state index contributed by atoms with van der Waals surface area (Å²) < 4.78 is 9.15. The molecule has 346 valence electrons. The van der Waals surface area contributed by atoms with Crippen LogP contribution in [0, 0.1) is 0 Å². The fraction of sp³-hybridized carbons (Fsp3) is 0. The summed E-state index contributed by atoms with van der Waals surface area (Å²) >= 11 is 0. The Morgan fingerprint density at radius 2 is 0.743 bits per heavy atom. The van der Waals surface area contributed by atoms with Crippen molar-refractivity contribution >= 4 is 43.7 Å². The number of nitrogens with zero attached hydrogens (tertiary/aromatic N) is 2.